The van der Waals surface area contributed by atoms with Crippen LogP contribution in [0.15, 0.2) is 73.1 Å². The summed E-state index contributed by atoms with van der Waals surface area (Å²) in [4.78, 5) is 8.06. The molecule has 0 amide bonds. The molecule has 0 atom stereocenters. The van der Waals surface area contributed by atoms with Crippen LogP contribution in [-0.4, -0.2) is 20.2 Å². The summed E-state index contributed by atoms with van der Waals surface area (Å²) in [7, 11) is 0. The molecular formula is C24H32CoN2O2. The number of rotatable bonds is 0. The standard InChI is InChI=1S/2C9H7NO.3C2H6.Co/c2*11-8-5-1-3-7-4-2-6-10-9(7)8;3*1-2;/h2*1-6,11H;3*1-2H3;. The van der Waals surface area contributed by atoms with Crippen LogP contribution >= 0.6 is 0 Å². The van der Waals surface area contributed by atoms with Crippen molar-refractivity contribution in [1.29, 1.82) is 0 Å². The second-order valence-electron chi connectivity index (χ2n) is 4.70. The Hall–Kier alpha value is -2.63. The Morgan fingerprint density at radius 2 is 0.828 bits per heavy atom. The zero-order valence-electron chi connectivity index (χ0n) is 18.1. The van der Waals surface area contributed by atoms with E-state index in [9.17, 15) is 10.2 Å². The van der Waals surface area contributed by atoms with Crippen LogP contribution in [0.5, 0.6) is 11.5 Å². The summed E-state index contributed by atoms with van der Waals surface area (Å²) >= 11 is 0. The van der Waals surface area contributed by atoms with Gasteiger partial charge in [0.25, 0.3) is 0 Å². The average molecular weight is 439 g/mol. The van der Waals surface area contributed by atoms with E-state index in [1.807, 2.05) is 77.9 Å². The van der Waals surface area contributed by atoms with Gasteiger partial charge in [0.05, 0.1) is 0 Å². The number of aromatic hydroxyl groups is 2. The van der Waals surface area contributed by atoms with Gasteiger partial charge in [0.15, 0.2) is 0 Å². The van der Waals surface area contributed by atoms with Crippen LogP contribution in [0.4, 0.5) is 0 Å². The summed E-state index contributed by atoms with van der Waals surface area (Å²) < 4.78 is 0. The summed E-state index contributed by atoms with van der Waals surface area (Å²) in [5, 5.41) is 20.5. The van der Waals surface area contributed by atoms with Crippen molar-refractivity contribution in [3.63, 3.8) is 0 Å². The van der Waals surface area contributed by atoms with Crippen molar-refractivity contribution in [1.82, 2.24) is 9.97 Å². The number of hydrogen-bond donors (Lipinski definition) is 2. The molecular weight excluding hydrogens is 407 g/mol. The fourth-order valence-corrected chi connectivity index (χ4v) is 2.18. The Kier molecular flexibility index (Phi) is 17.2. The van der Waals surface area contributed by atoms with Crippen LogP contribution in [-0.2, 0) is 16.8 Å². The zero-order valence-corrected chi connectivity index (χ0v) is 19.1. The number of nitrogens with zero attached hydrogens (tertiary/aromatic N) is 2. The molecule has 2 N–H and O–H groups in total. The van der Waals surface area contributed by atoms with E-state index >= 15 is 0 Å². The molecule has 0 spiro atoms. The van der Waals surface area contributed by atoms with Gasteiger partial charge >= 0.3 is 0 Å². The molecule has 0 aliphatic heterocycles. The Morgan fingerprint density at radius 3 is 1.14 bits per heavy atom. The number of fused-ring (bicyclic) bond motifs is 2. The number of aromatic nitrogens is 2. The number of phenolic OH excluding ortho intramolecular Hbond substituents is 2. The van der Waals surface area contributed by atoms with Gasteiger partial charge in [0.2, 0.25) is 0 Å². The predicted molar refractivity (Wildman–Crippen MR) is 121 cm³/mol. The quantitative estimate of drug-likeness (QED) is 0.311. The van der Waals surface area contributed by atoms with Crippen molar-refractivity contribution in [3.05, 3.63) is 73.1 Å². The summed E-state index contributed by atoms with van der Waals surface area (Å²) in [5.41, 5.74) is 1.32. The van der Waals surface area contributed by atoms with Crippen molar-refractivity contribution in [2.24, 2.45) is 0 Å². The van der Waals surface area contributed by atoms with Crippen molar-refractivity contribution in [2.45, 2.75) is 41.5 Å². The summed E-state index contributed by atoms with van der Waals surface area (Å²) in [5.74, 6) is 0.478. The van der Waals surface area contributed by atoms with Crippen LogP contribution in [0.1, 0.15) is 41.5 Å². The minimum absolute atomic E-state index is 0. The van der Waals surface area contributed by atoms with Crippen LogP contribution < -0.4 is 0 Å². The molecule has 0 fully saturated rings. The van der Waals surface area contributed by atoms with Gasteiger partial charge in [0.1, 0.15) is 22.5 Å². The Morgan fingerprint density at radius 1 is 0.517 bits per heavy atom. The molecule has 4 nitrogen and oxygen atoms in total. The van der Waals surface area contributed by atoms with E-state index < -0.39 is 0 Å². The molecule has 2 aromatic carbocycles. The Balaban J connectivity index is 0. The summed E-state index contributed by atoms with van der Waals surface area (Å²) in [6.07, 6.45) is 3.34. The van der Waals surface area contributed by atoms with Crippen LogP contribution in [0.2, 0.25) is 0 Å². The molecule has 0 aliphatic rings. The van der Waals surface area contributed by atoms with Crippen LogP contribution in [0.3, 0.4) is 0 Å². The van der Waals surface area contributed by atoms with Crippen molar-refractivity contribution >= 4 is 21.8 Å². The predicted octanol–water partition coefficient (Wildman–Crippen LogP) is 6.96. The van der Waals surface area contributed by atoms with E-state index in [1.54, 1.807) is 36.7 Å². The van der Waals surface area contributed by atoms with Crippen LogP contribution in [0.25, 0.3) is 21.8 Å². The fraction of sp³-hybridized carbons (Fsp3) is 0.250. The molecule has 0 aliphatic carbocycles. The number of phenols is 2. The molecule has 159 valence electrons. The minimum Gasteiger partial charge on any atom is -0.506 e. The third kappa shape index (κ3) is 8.94. The first-order chi connectivity index (χ1) is 13.8. The molecule has 5 heteroatoms. The van der Waals surface area contributed by atoms with E-state index in [-0.39, 0.29) is 28.3 Å². The monoisotopic (exact) mass is 439 g/mol. The summed E-state index contributed by atoms with van der Waals surface area (Å²) in [6, 6.07) is 18.3. The van der Waals surface area contributed by atoms with Gasteiger partial charge in [-0.05, 0) is 24.3 Å². The van der Waals surface area contributed by atoms with Crippen molar-refractivity contribution in [3.8, 4) is 11.5 Å². The van der Waals surface area contributed by atoms with E-state index in [4.69, 9.17) is 0 Å². The fourth-order valence-electron chi connectivity index (χ4n) is 2.18. The Bertz CT molecular complexity index is 842. The third-order valence-corrected chi connectivity index (χ3v) is 3.22. The molecule has 0 unspecified atom stereocenters. The molecule has 4 rings (SSSR count). The second kappa shape index (κ2) is 17.5. The molecule has 0 saturated heterocycles. The van der Waals surface area contributed by atoms with Crippen molar-refractivity contribution < 1.29 is 27.0 Å². The van der Waals surface area contributed by atoms with E-state index in [2.05, 4.69) is 9.97 Å². The molecule has 0 bridgehead atoms. The smallest absolute Gasteiger partial charge is 0.141 e. The van der Waals surface area contributed by atoms with Gasteiger partial charge in [-0.3, -0.25) is 9.97 Å². The maximum atomic E-state index is 9.31. The van der Waals surface area contributed by atoms with E-state index in [0.29, 0.717) is 11.0 Å². The molecule has 1 radical (unpaired) electrons. The summed E-state index contributed by atoms with van der Waals surface area (Å²) in [6.45, 7) is 12.0. The topological polar surface area (TPSA) is 66.2 Å². The SMILES string of the molecule is CC.CC.CC.Oc1cccc2cccnc12.Oc1cccc2cccnc12.[Co]. The van der Waals surface area contributed by atoms with E-state index in [0.717, 1.165) is 10.8 Å². The number of pyridine rings is 2. The van der Waals surface area contributed by atoms with Crippen LogP contribution in [0, 0.1) is 0 Å². The molecule has 2 aromatic heterocycles. The largest absolute Gasteiger partial charge is 0.506 e. The first-order valence-electron chi connectivity index (χ1n) is 9.81. The normalized spacial score (nSPS) is 8.34. The molecule has 2 heterocycles. The van der Waals surface area contributed by atoms with Gasteiger partial charge in [-0.15, -0.1) is 0 Å². The van der Waals surface area contributed by atoms with Gasteiger partial charge in [-0.1, -0.05) is 77.9 Å². The Labute approximate surface area is 184 Å². The van der Waals surface area contributed by atoms with Gasteiger partial charge in [-0.25, -0.2) is 0 Å². The van der Waals surface area contributed by atoms with E-state index in [1.165, 1.54) is 0 Å². The van der Waals surface area contributed by atoms with Crippen molar-refractivity contribution in [2.75, 3.05) is 0 Å². The van der Waals surface area contributed by atoms with Gasteiger partial charge < -0.3 is 10.2 Å². The van der Waals surface area contributed by atoms with Gasteiger partial charge in [-0.2, -0.15) is 0 Å². The molecule has 29 heavy (non-hydrogen) atoms. The first kappa shape index (κ1) is 28.6. The first-order valence-corrected chi connectivity index (χ1v) is 9.81. The molecule has 0 saturated carbocycles. The third-order valence-electron chi connectivity index (χ3n) is 3.22. The second-order valence-corrected chi connectivity index (χ2v) is 4.70. The number of para-hydroxylation sites is 2. The average Bonchev–Trinajstić information content (AvgIpc) is 2.79. The maximum absolute atomic E-state index is 9.31. The maximum Gasteiger partial charge on any atom is 0.141 e. The minimum atomic E-state index is 0. The zero-order chi connectivity index (χ0) is 21.4. The molecule has 4 aromatic rings. The van der Waals surface area contributed by atoms with Gasteiger partial charge in [0, 0.05) is 39.9 Å². The number of benzene rings is 2. The number of hydrogen-bond acceptors (Lipinski definition) is 4.